The fraction of sp³-hybridized carbons (Fsp3) is 0.176. The molecule has 0 saturated heterocycles. The van der Waals surface area contributed by atoms with Crippen LogP contribution in [0.4, 0.5) is 0 Å². The molecule has 0 saturated carbocycles. The van der Waals surface area contributed by atoms with Crippen molar-refractivity contribution >= 4 is 23.4 Å². The van der Waals surface area contributed by atoms with Gasteiger partial charge < -0.3 is 9.15 Å². The number of benzene rings is 2. The topological polar surface area (TPSA) is 48.2 Å². The minimum atomic E-state index is 0.519. The quantitative estimate of drug-likeness (QED) is 0.608. The van der Waals surface area contributed by atoms with Gasteiger partial charge in [-0.05, 0) is 36.8 Å². The van der Waals surface area contributed by atoms with Crippen LogP contribution in [0.5, 0.6) is 5.75 Å². The van der Waals surface area contributed by atoms with E-state index in [2.05, 4.69) is 10.2 Å². The van der Waals surface area contributed by atoms with E-state index in [0.717, 1.165) is 22.4 Å². The molecule has 1 heterocycles. The lowest BCUT2D eigenvalue weighted by Gasteiger charge is -2.07. The molecule has 23 heavy (non-hydrogen) atoms. The van der Waals surface area contributed by atoms with Gasteiger partial charge in [-0.1, -0.05) is 41.6 Å². The molecule has 0 bridgehead atoms. The van der Waals surface area contributed by atoms with Gasteiger partial charge >= 0.3 is 0 Å². The lowest BCUT2D eigenvalue weighted by molar-refractivity contribution is 0.411. The summed E-state index contributed by atoms with van der Waals surface area (Å²) in [6.45, 7) is 2.02. The number of aromatic nitrogens is 2. The van der Waals surface area contributed by atoms with Crippen molar-refractivity contribution in [3.05, 3.63) is 58.6 Å². The highest BCUT2D eigenvalue weighted by Crippen LogP contribution is 2.31. The molecule has 0 N–H and O–H groups in total. The summed E-state index contributed by atoms with van der Waals surface area (Å²) in [7, 11) is 1.64. The zero-order valence-electron chi connectivity index (χ0n) is 12.7. The second kappa shape index (κ2) is 7.06. The molecular formula is C17H15ClN2O2S. The summed E-state index contributed by atoms with van der Waals surface area (Å²) in [5.41, 5.74) is 3.04. The predicted octanol–water partition coefficient (Wildman–Crippen LogP) is 5.00. The van der Waals surface area contributed by atoms with Crippen molar-refractivity contribution < 1.29 is 9.15 Å². The van der Waals surface area contributed by atoms with E-state index in [4.69, 9.17) is 20.8 Å². The number of ether oxygens (including phenoxy) is 1. The number of methoxy groups -OCH3 is 1. The van der Waals surface area contributed by atoms with Gasteiger partial charge in [0.2, 0.25) is 5.89 Å². The second-order valence-electron chi connectivity index (χ2n) is 4.93. The van der Waals surface area contributed by atoms with E-state index >= 15 is 0 Å². The van der Waals surface area contributed by atoms with Crippen LogP contribution >= 0.6 is 23.4 Å². The fourth-order valence-corrected chi connectivity index (χ4v) is 3.12. The second-order valence-corrected chi connectivity index (χ2v) is 6.30. The first kappa shape index (κ1) is 15.9. The maximum atomic E-state index is 6.04. The number of thioether (sulfide) groups is 1. The van der Waals surface area contributed by atoms with Crippen molar-refractivity contribution in [1.82, 2.24) is 10.2 Å². The fourth-order valence-electron chi connectivity index (χ4n) is 2.19. The van der Waals surface area contributed by atoms with Crippen LogP contribution in [0.25, 0.3) is 11.5 Å². The summed E-state index contributed by atoms with van der Waals surface area (Å²) in [5.74, 6) is 1.96. The summed E-state index contributed by atoms with van der Waals surface area (Å²) in [5, 5.41) is 9.42. The van der Waals surface area contributed by atoms with Crippen LogP contribution in [0.2, 0.25) is 5.02 Å². The van der Waals surface area contributed by atoms with Gasteiger partial charge in [0.1, 0.15) is 5.75 Å². The van der Waals surface area contributed by atoms with Crippen LogP contribution in [0.15, 0.2) is 52.1 Å². The van der Waals surface area contributed by atoms with Crippen molar-refractivity contribution in [3.8, 4) is 17.2 Å². The molecule has 0 radical (unpaired) electrons. The van der Waals surface area contributed by atoms with Gasteiger partial charge in [-0.3, -0.25) is 0 Å². The average molecular weight is 347 g/mol. The third kappa shape index (κ3) is 3.68. The third-order valence-electron chi connectivity index (χ3n) is 3.38. The molecule has 118 valence electrons. The first-order valence-corrected chi connectivity index (χ1v) is 8.38. The van der Waals surface area contributed by atoms with Gasteiger partial charge in [-0.25, -0.2) is 0 Å². The van der Waals surface area contributed by atoms with Crippen molar-refractivity contribution in [1.29, 1.82) is 0 Å². The maximum absolute atomic E-state index is 6.04. The third-order valence-corrected chi connectivity index (χ3v) is 4.48. The SMILES string of the molecule is COc1ccc(Cl)cc1CSc1nnc(-c2ccccc2C)o1. The van der Waals surface area contributed by atoms with E-state index in [9.17, 15) is 0 Å². The summed E-state index contributed by atoms with van der Waals surface area (Å²) >= 11 is 7.50. The Morgan fingerprint density at radius 1 is 1.17 bits per heavy atom. The molecule has 0 amide bonds. The molecule has 0 fully saturated rings. The van der Waals surface area contributed by atoms with Crippen LogP contribution in [-0.4, -0.2) is 17.3 Å². The lowest BCUT2D eigenvalue weighted by atomic mass is 10.1. The van der Waals surface area contributed by atoms with Gasteiger partial charge in [0.15, 0.2) is 0 Å². The zero-order valence-corrected chi connectivity index (χ0v) is 14.3. The smallest absolute Gasteiger partial charge is 0.277 e. The Balaban J connectivity index is 1.76. The highest BCUT2D eigenvalue weighted by Gasteiger charge is 2.12. The average Bonchev–Trinajstić information content (AvgIpc) is 3.02. The van der Waals surface area contributed by atoms with Crippen LogP contribution < -0.4 is 4.74 Å². The molecule has 0 aliphatic heterocycles. The molecule has 3 rings (SSSR count). The summed E-state index contributed by atoms with van der Waals surface area (Å²) in [6.07, 6.45) is 0. The highest BCUT2D eigenvalue weighted by molar-refractivity contribution is 7.98. The van der Waals surface area contributed by atoms with Gasteiger partial charge in [-0.15, -0.1) is 10.2 Å². The molecule has 0 atom stereocenters. The molecule has 6 heteroatoms. The summed E-state index contributed by atoms with van der Waals surface area (Å²) < 4.78 is 11.1. The Hall–Kier alpha value is -1.98. The van der Waals surface area contributed by atoms with Crippen LogP contribution in [0.3, 0.4) is 0 Å². The number of aryl methyl sites for hydroxylation is 1. The maximum Gasteiger partial charge on any atom is 0.277 e. The first-order valence-electron chi connectivity index (χ1n) is 7.02. The van der Waals surface area contributed by atoms with Crippen molar-refractivity contribution in [3.63, 3.8) is 0 Å². The Morgan fingerprint density at radius 2 is 2.00 bits per heavy atom. The van der Waals surface area contributed by atoms with Crippen molar-refractivity contribution in [2.75, 3.05) is 7.11 Å². The minimum Gasteiger partial charge on any atom is -0.496 e. The van der Waals surface area contributed by atoms with Crippen LogP contribution in [0, 0.1) is 6.92 Å². The molecule has 0 unspecified atom stereocenters. The zero-order chi connectivity index (χ0) is 16.2. The number of hydrogen-bond donors (Lipinski definition) is 0. The van der Waals surface area contributed by atoms with E-state index in [1.807, 2.05) is 43.3 Å². The molecule has 3 aromatic rings. The van der Waals surface area contributed by atoms with Crippen LogP contribution in [0.1, 0.15) is 11.1 Å². The molecule has 0 aliphatic carbocycles. The largest absolute Gasteiger partial charge is 0.496 e. The molecular weight excluding hydrogens is 332 g/mol. The molecule has 4 nitrogen and oxygen atoms in total. The molecule has 2 aromatic carbocycles. The summed E-state index contributed by atoms with van der Waals surface area (Å²) in [4.78, 5) is 0. The van der Waals surface area contributed by atoms with Crippen LogP contribution in [-0.2, 0) is 5.75 Å². The standard InChI is InChI=1S/C17H15ClN2O2S/c1-11-5-3-4-6-14(11)16-19-20-17(22-16)23-10-12-9-13(18)7-8-15(12)21-2/h3-9H,10H2,1-2H3. The Bertz CT molecular complexity index is 820. The van der Waals surface area contributed by atoms with E-state index in [1.54, 1.807) is 13.2 Å². The van der Waals surface area contributed by atoms with Gasteiger partial charge in [0, 0.05) is 21.9 Å². The molecule has 0 aliphatic rings. The van der Waals surface area contributed by atoms with E-state index < -0.39 is 0 Å². The molecule has 1 aromatic heterocycles. The van der Waals surface area contributed by atoms with Gasteiger partial charge in [-0.2, -0.15) is 0 Å². The number of halogens is 1. The van der Waals surface area contributed by atoms with Crippen molar-refractivity contribution in [2.24, 2.45) is 0 Å². The Kier molecular flexibility index (Phi) is 4.88. The van der Waals surface area contributed by atoms with E-state index in [0.29, 0.717) is 21.9 Å². The monoisotopic (exact) mass is 346 g/mol. The molecule has 0 spiro atoms. The van der Waals surface area contributed by atoms with E-state index in [-0.39, 0.29) is 0 Å². The highest BCUT2D eigenvalue weighted by atomic mass is 35.5. The van der Waals surface area contributed by atoms with E-state index in [1.165, 1.54) is 11.8 Å². The van der Waals surface area contributed by atoms with Gasteiger partial charge in [0.05, 0.1) is 7.11 Å². The lowest BCUT2D eigenvalue weighted by Crippen LogP contribution is -1.90. The Labute approximate surface area is 143 Å². The first-order chi connectivity index (χ1) is 11.2. The minimum absolute atomic E-state index is 0.519. The number of hydrogen-bond acceptors (Lipinski definition) is 5. The van der Waals surface area contributed by atoms with Gasteiger partial charge in [0.25, 0.3) is 5.22 Å². The summed E-state index contributed by atoms with van der Waals surface area (Å²) in [6, 6.07) is 13.5. The Morgan fingerprint density at radius 3 is 2.78 bits per heavy atom. The normalized spacial score (nSPS) is 10.7. The van der Waals surface area contributed by atoms with Crippen molar-refractivity contribution in [2.45, 2.75) is 17.9 Å². The predicted molar refractivity (Wildman–Crippen MR) is 92.0 cm³/mol. The number of rotatable bonds is 5. The number of nitrogens with zero attached hydrogens (tertiary/aromatic N) is 2.